The minimum Gasteiger partial charge on any atom is -0.203 e. The highest BCUT2D eigenvalue weighted by atomic mass is 15.6. The molecule has 0 atom stereocenters. The van der Waals surface area contributed by atoms with Crippen LogP contribution in [-0.4, -0.2) is 31.4 Å². The Morgan fingerprint density at radius 2 is 2.11 bits per heavy atom. The van der Waals surface area contributed by atoms with Crippen LogP contribution in [0.5, 0.6) is 0 Å². The number of allylic oxidation sites excluding steroid dienone is 1. The summed E-state index contributed by atoms with van der Waals surface area (Å²) < 4.78 is 0.673. The van der Waals surface area contributed by atoms with Gasteiger partial charge in [-0.3, -0.25) is 0 Å². The lowest BCUT2D eigenvalue weighted by Gasteiger charge is -2.18. The van der Waals surface area contributed by atoms with Gasteiger partial charge in [-0.1, -0.05) is 11.7 Å². The smallest absolute Gasteiger partial charge is 0.0998 e. The predicted octanol–water partition coefficient (Wildman–Crippen LogP) is 1.25. The zero-order valence-electron chi connectivity index (χ0n) is 6.46. The van der Waals surface area contributed by atoms with Gasteiger partial charge in [-0.15, -0.1) is 0 Å². The van der Waals surface area contributed by atoms with Crippen LogP contribution in [0, 0.1) is 0 Å². The lowest BCUT2D eigenvalue weighted by atomic mass is 10.6. The maximum Gasteiger partial charge on any atom is 0.0998 e. The number of nitrogens with zero attached hydrogens (tertiary/aromatic N) is 2. The van der Waals surface area contributed by atoms with E-state index >= 15 is 0 Å². The van der Waals surface area contributed by atoms with Crippen molar-refractivity contribution >= 4 is 6.21 Å². The molecule has 0 N–H and O–H groups in total. The van der Waals surface area contributed by atoms with Crippen LogP contribution in [0.25, 0.3) is 0 Å². The van der Waals surface area contributed by atoms with Gasteiger partial charge in [0.25, 0.3) is 0 Å². The van der Waals surface area contributed by atoms with Gasteiger partial charge in [-0.05, 0) is 13.0 Å². The van der Waals surface area contributed by atoms with Crippen LogP contribution in [-0.2, 0) is 0 Å². The Kier molecular flexibility index (Phi) is 3.17. The highest BCUT2D eigenvalue weighted by Crippen LogP contribution is 1.94. The van der Waals surface area contributed by atoms with Gasteiger partial charge in [0, 0.05) is 0 Å². The summed E-state index contributed by atoms with van der Waals surface area (Å²) >= 11 is 0. The first kappa shape index (κ1) is 8.37. The van der Waals surface area contributed by atoms with E-state index in [1.807, 2.05) is 14.1 Å². The van der Waals surface area contributed by atoms with Gasteiger partial charge < -0.3 is 0 Å². The molecule has 52 valence electrons. The fourth-order valence-corrected chi connectivity index (χ4v) is 0.309. The summed E-state index contributed by atoms with van der Waals surface area (Å²) in [5, 5.41) is 4.19. The van der Waals surface area contributed by atoms with Gasteiger partial charge in [0.1, 0.15) is 0 Å². The summed E-state index contributed by atoms with van der Waals surface area (Å²) in [6.45, 7) is 6.64. The molecule has 0 amide bonds. The molecule has 0 aliphatic rings. The summed E-state index contributed by atoms with van der Waals surface area (Å²) in [7, 11) is 4.08. The van der Waals surface area contributed by atoms with Gasteiger partial charge in [0.2, 0.25) is 0 Å². The minimum atomic E-state index is 0.673. The normalized spacial score (nSPS) is 12.3. The van der Waals surface area contributed by atoms with E-state index in [0.29, 0.717) is 4.59 Å². The number of quaternary nitrogens is 1. The third-order valence-corrected chi connectivity index (χ3v) is 1.26. The minimum absolute atomic E-state index is 0.673. The van der Waals surface area contributed by atoms with Gasteiger partial charge >= 0.3 is 0 Å². The second-order valence-corrected chi connectivity index (χ2v) is 2.44. The quantitative estimate of drug-likeness (QED) is 0.307. The SMILES string of the molecule is C=C/C=N\[N+](C)(C)CC. The van der Waals surface area contributed by atoms with Crippen molar-refractivity contribution < 1.29 is 4.59 Å². The Hall–Kier alpha value is -0.630. The van der Waals surface area contributed by atoms with E-state index in [4.69, 9.17) is 0 Å². The zero-order chi connectivity index (χ0) is 7.33. The lowest BCUT2D eigenvalue weighted by Crippen LogP contribution is -2.32. The Balaban J connectivity index is 3.84. The highest BCUT2D eigenvalue weighted by molar-refractivity contribution is 5.69. The van der Waals surface area contributed by atoms with Crippen LogP contribution in [0.15, 0.2) is 17.8 Å². The van der Waals surface area contributed by atoms with Gasteiger partial charge in [0.05, 0.1) is 26.9 Å². The number of hydrogen-bond acceptors (Lipinski definition) is 1. The molecule has 0 aliphatic carbocycles. The van der Waals surface area contributed by atoms with Crippen molar-refractivity contribution in [2.45, 2.75) is 6.92 Å². The summed E-state index contributed by atoms with van der Waals surface area (Å²) in [4.78, 5) is 0. The molecular weight excluding hydrogens is 112 g/mol. The lowest BCUT2D eigenvalue weighted by molar-refractivity contribution is -0.894. The maximum absolute atomic E-state index is 4.19. The van der Waals surface area contributed by atoms with Crippen LogP contribution < -0.4 is 0 Å². The maximum atomic E-state index is 4.19. The average molecular weight is 127 g/mol. The Bertz CT molecular complexity index is 114. The standard InChI is InChI=1S/C7H15N2/c1-5-7-8-9(3,4)6-2/h5,7H,1,6H2,2-4H3/q+1/b8-7-. The second-order valence-electron chi connectivity index (χ2n) is 2.44. The van der Waals surface area contributed by atoms with Crippen molar-refractivity contribution in [3.8, 4) is 0 Å². The monoisotopic (exact) mass is 127 g/mol. The molecular formula is C7H15N2+. The van der Waals surface area contributed by atoms with Gasteiger partial charge in [-0.25, -0.2) is 4.59 Å². The van der Waals surface area contributed by atoms with Crippen molar-refractivity contribution in [2.75, 3.05) is 20.6 Å². The van der Waals surface area contributed by atoms with Crippen LogP contribution in [0.1, 0.15) is 6.92 Å². The molecule has 2 nitrogen and oxygen atoms in total. The third kappa shape index (κ3) is 3.91. The van der Waals surface area contributed by atoms with Gasteiger partial charge in [0.15, 0.2) is 0 Å². The molecule has 0 aromatic rings. The number of hydrogen-bond donors (Lipinski definition) is 0. The van der Waals surface area contributed by atoms with E-state index in [-0.39, 0.29) is 0 Å². The van der Waals surface area contributed by atoms with Crippen molar-refractivity contribution in [1.29, 1.82) is 0 Å². The van der Waals surface area contributed by atoms with Crippen LogP contribution in [0.2, 0.25) is 0 Å². The summed E-state index contributed by atoms with van der Waals surface area (Å²) in [5.74, 6) is 0. The van der Waals surface area contributed by atoms with Crippen molar-refractivity contribution in [2.24, 2.45) is 5.10 Å². The van der Waals surface area contributed by atoms with E-state index < -0.39 is 0 Å². The molecule has 0 aromatic heterocycles. The van der Waals surface area contributed by atoms with Crippen LogP contribution in [0.4, 0.5) is 0 Å². The Morgan fingerprint density at radius 3 is 2.44 bits per heavy atom. The molecule has 0 saturated heterocycles. The summed E-state index contributed by atoms with van der Waals surface area (Å²) in [5.41, 5.74) is 0. The fourth-order valence-electron chi connectivity index (χ4n) is 0.309. The molecule has 0 radical (unpaired) electrons. The molecule has 0 rings (SSSR count). The van der Waals surface area contributed by atoms with E-state index in [2.05, 4.69) is 18.6 Å². The molecule has 2 heteroatoms. The largest absolute Gasteiger partial charge is 0.203 e. The Labute approximate surface area is 57.1 Å². The first-order valence-corrected chi connectivity index (χ1v) is 3.12. The molecule has 0 saturated carbocycles. The predicted molar refractivity (Wildman–Crippen MR) is 41.3 cm³/mol. The molecule has 0 aliphatic heterocycles. The van der Waals surface area contributed by atoms with Crippen molar-refractivity contribution in [3.05, 3.63) is 12.7 Å². The third-order valence-electron chi connectivity index (χ3n) is 1.26. The topological polar surface area (TPSA) is 12.4 Å². The second kappa shape index (κ2) is 3.41. The summed E-state index contributed by atoms with van der Waals surface area (Å²) in [6, 6.07) is 0. The highest BCUT2D eigenvalue weighted by Gasteiger charge is 2.06. The van der Waals surface area contributed by atoms with Crippen LogP contribution in [0.3, 0.4) is 0 Å². The average Bonchev–Trinajstić information content (AvgIpc) is 1.84. The fraction of sp³-hybridized carbons (Fsp3) is 0.571. The van der Waals surface area contributed by atoms with Crippen LogP contribution >= 0.6 is 0 Å². The molecule has 0 bridgehead atoms. The zero-order valence-corrected chi connectivity index (χ0v) is 6.46. The van der Waals surface area contributed by atoms with E-state index in [1.54, 1.807) is 12.3 Å². The molecule has 0 spiro atoms. The van der Waals surface area contributed by atoms with Gasteiger partial charge in [-0.2, -0.15) is 0 Å². The first-order valence-electron chi connectivity index (χ1n) is 3.12. The van der Waals surface area contributed by atoms with E-state index in [0.717, 1.165) is 6.54 Å². The molecule has 0 aromatic carbocycles. The summed E-state index contributed by atoms with van der Waals surface area (Å²) in [6.07, 6.45) is 3.42. The van der Waals surface area contributed by atoms with E-state index in [9.17, 15) is 0 Å². The van der Waals surface area contributed by atoms with E-state index in [1.165, 1.54) is 0 Å². The Morgan fingerprint density at radius 1 is 1.56 bits per heavy atom. The molecule has 0 heterocycles. The molecule has 9 heavy (non-hydrogen) atoms. The van der Waals surface area contributed by atoms with Crippen molar-refractivity contribution in [1.82, 2.24) is 0 Å². The molecule has 0 fully saturated rings. The van der Waals surface area contributed by atoms with Crippen molar-refractivity contribution in [3.63, 3.8) is 0 Å². The molecule has 0 unspecified atom stereocenters. The first-order chi connectivity index (χ1) is 4.12. The number of rotatable bonds is 3.